The zero-order valence-corrected chi connectivity index (χ0v) is 16.0. The van der Waals surface area contributed by atoms with Crippen molar-refractivity contribution in [1.82, 2.24) is 29.6 Å². The molecule has 0 radical (unpaired) electrons. The molecule has 0 fully saturated rings. The van der Waals surface area contributed by atoms with Crippen LogP contribution in [-0.2, 0) is 13.5 Å². The van der Waals surface area contributed by atoms with Gasteiger partial charge in [-0.05, 0) is 32.4 Å². The van der Waals surface area contributed by atoms with E-state index in [4.69, 9.17) is 5.10 Å². The van der Waals surface area contributed by atoms with Gasteiger partial charge in [-0.3, -0.25) is 4.68 Å². The van der Waals surface area contributed by atoms with E-state index in [1.54, 1.807) is 4.52 Å². The topological polar surface area (TPSA) is 72.9 Å². The molecule has 3 heterocycles. The quantitative estimate of drug-likeness (QED) is 0.591. The predicted octanol–water partition coefficient (Wildman–Crippen LogP) is 3.24. The van der Waals surface area contributed by atoms with E-state index in [1.165, 1.54) is 5.56 Å². The van der Waals surface area contributed by atoms with Crippen LogP contribution in [0.1, 0.15) is 30.9 Å². The van der Waals surface area contributed by atoms with Crippen LogP contribution in [0, 0.1) is 6.92 Å². The molecule has 7 nitrogen and oxygen atoms in total. The number of benzene rings is 1. The lowest BCUT2D eigenvalue weighted by Gasteiger charge is -2.12. The third kappa shape index (κ3) is 3.40. The molecule has 0 aliphatic heterocycles. The standard InChI is InChI=1S/C20H23N7/c1-13(2)21-19-11-18(25-27-14(3)22-23-20(19)27)16-12-26(4)24-17(16)10-15-8-6-5-7-9-15/h5-9,11-13,21H,10H2,1-4H3. The molecule has 138 valence electrons. The highest BCUT2D eigenvalue weighted by Gasteiger charge is 2.17. The smallest absolute Gasteiger partial charge is 0.200 e. The molecule has 4 rings (SSSR count). The van der Waals surface area contributed by atoms with E-state index in [0.29, 0.717) is 0 Å². The Morgan fingerprint density at radius 3 is 2.59 bits per heavy atom. The first-order chi connectivity index (χ1) is 13.0. The van der Waals surface area contributed by atoms with Gasteiger partial charge in [0.25, 0.3) is 0 Å². The summed E-state index contributed by atoms with van der Waals surface area (Å²) in [5.41, 5.74) is 5.75. The van der Waals surface area contributed by atoms with Crippen LogP contribution in [0.2, 0.25) is 0 Å². The molecule has 1 N–H and O–H groups in total. The number of nitrogens with zero attached hydrogens (tertiary/aromatic N) is 6. The van der Waals surface area contributed by atoms with Gasteiger partial charge in [0.05, 0.1) is 17.1 Å². The molecule has 0 saturated heterocycles. The van der Waals surface area contributed by atoms with E-state index in [0.717, 1.165) is 40.5 Å². The van der Waals surface area contributed by atoms with Crippen molar-refractivity contribution >= 4 is 11.3 Å². The van der Waals surface area contributed by atoms with Gasteiger partial charge in [-0.25, -0.2) is 0 Å². The van der Waals surface area contributed by atoms with Gasteiger partial charge in [-0.2, -0.15) is 14.7 Å². The minimum Gasteiger partial charge on any atom is -0.380 e. The van der Waals surface area contributed by atoms with E-state index in [2.05, 4.69) is 46.6 Å². The van der Waals surface area contributed by atoms with Crippen LogP contribution in [0.3, 0.4) is 0 Å². The monoisotopic (exact) mass is 361 g/mol. The van der Waals surface area contributed by atoms with Crippen molar-refractivity contribution in [2.45, 2.75) is 33.2 Å². The summed E-state index contributed by atoms with van der Waals surface area (Å²) in [5.74, 6) is 0.757. The predicted molar refractivity (Wildman–Crippen MR) is 106 cm³/mol. The van der Waals surface area contributed by atoms with Crippen molar-refractivity contribution in [3.63, 3.8) is 0 Å². The molecule has 0 aliphatic carbocycles. The fourth-order valence-electron chi connectivity index (χ4n) is 3.20. The minimum absolute atomic E-state index is 0.277. The van der Waals surface area contributed by atoms with E-state index in [-0.39, 0.29) is 6.04 Å². The van der Waals surface area contributed by atoms with Crippen LogP contribution in [-0.4, -0.2) is 35.6 Å². The second kappa shape index (κ2) is 6.83. The fourth-order valence-corrected chi connectivity index (χ4v) is 3.20. The Labute approximate surface area is 158 Å². The van der Waals surface area contributed by atoms with Crippen LogP contribution in [0.5, 0.6) is 0 Å². The number of aromatic nitrogens is 6. The molecule has 0 amide bonds. The molecule has 3 aromatic heterocycles. The van der Waals surface area contributed by atoms with Crippen molar-refractivity contribution in [3.05, 3.63) is 59.7 Å². The highest BCUT2D eigenvalue weighted by Crippen LogP contribution is 2.27. The largest absolute Gasteiger partial charge is 0.380 e. The summed E-state index contributed by atoms with van der Waals surface area (Å²) in [5, 5.41) is 21.4. The molecular formula is C20H23N7. The summed E-state index contributed by atoms with van der Waals surface area (Å²) in [4.78, 5) is 0. The molecule has 0 unspecified atom stereocenters. The third-order valence-electron chi connectivity index (χ3n) is 4.37. The van der Waals surface area contributed by atoms with Gasteiger partial charge in [-0.15, -0.1) is 10.2 Å². The van der Waals surface area contributed by atoms with Crippen molar-refractivity contribution in [1.29, 1.82) is 0 Å². The van der Waals surface area contributed by atoms with Gasteiger partial charge in [0, 0.05) is 31.3 Å². The number of nitrogens with one attached hydrogen (secondary N) is 1. The zero-order chi connectivity index (χ0) is 19.0. The summed E-state index contributed by atoms with van der Waals surface area (Å²) in [6.45, 7) is 6.11. The Morgan fingerprint density at radius 2 is 1.85 bits per heavy atom. The molecule has 1 aromatic carbocycles. The Kier molecular flexibility index (Phi) is 4.35. The van der Waals surface area contributed by atoms with E-state index >= 15 is 0 Å². The normalized spacial score (nSPS) is 11.4. The number of aryl methyl sites for hydroxylation is 2. The number of hydrogen-bond donors (Lipinski definition) is 1. The van der Waals surface area contributed by atoms with E-state index in [1.807, 2.05) is 49.1 Å². The summed E-state index contributed by atoms with van der Waals surface area (Å²) in [7, 11) is 1.94. The first-order valence-corrected chi connectivity index (χ1v) is 9.07. The maximum Gasteiger partial charge on any atom is 0.200 e. The first-order valence-electron chi connectivity index (χ1n) is 9.07. The van der Waals surface area contributed by atoms with Crippen LogP contribution >= 0.6 is 0 Å². The molecule has 27 heavy (non-hydrogen) atoms. The van der Waals surface area contributed by atoms with Gasteiger partial charge in [0.2, 0.25) is 5.65 Å². The SMILES string of the molecule is Cc1nnc2c(NC(C)C)cc(-c3cn(C)nc3Cc3ccccc3)nn12. The van der Waals surface area contributed by atoms with Gasteiger partial charge in [0.15, 0.2) is 5.82 Å². The van der Waals surface area contributed by atoms with Crippen LogP contribution in [0.4, 0.5) is 5.69 Å². The Hall–Kier alpha value is -3.22. The molecule has 0 atom stereocenters. The fraction of sp³-hybridized carbons (Fsp3) is 0.300. The first kappa shape index (κ1) is 17.2. The minimum atomic E-state index is 0.277. The molecule has 0 saturated carbocycles. The maximum absolute atomic E-state index is 4.79. The molecule has 0 aliphatic rings. The van der Waals surface area contributed by atoms with Crippen LogP contribution < -0.4 is 5.32 Å². The van der Waals surface area contributed by atoms with Gasteiger partial charge in [0.1, 0.15) is 0 Å². The summed E-state index contributed by atoms with van der Waals surface area (Å²) < 4.78 is 3.63. The van der Waals surface area contributed by atoms with Gasteiger partial charge < -0.3 is 5.32 Å². The molecule has 0 spiro atoms. The average molecular weight is 361 g/mol. The highest BCUT2D eigenvalue weighted by molar-refractivity contribution is 5.74. The maximum atomic E-state index is 4.79. The Morgan fingerprint density at radius 1 is 1.07 bits per heavy atom. The Balaban J connectivity index is 1.84. The molecule has 4 aromatic rings. The van der Waals surface area contributed by atoms with Crippen LogP contribution in [0.25, 0.3) is 16.9 Å². The highest BCUT2D eigenvalue weighted by atomic mass is 15.4. The number of hydrogen-bond acceptors (Lipinski definition) is 5. The number of fused-ring (bicyclic) bond motifs is 1. The molecule has 7 heteroatoms. The lowest BCUT2D eigenvalue weighted by Crippen LogP contribution is -2.12. The van der Waals surface area contributed by atoms with Gasteiger partial charge in [-0.1, -0.05) is 30.3 Å². The average Bonchev–Trinajstić information content (AvgIpc) is 3.18. The number of rotatable bonds is 5. The molecule has 0 bridgehead atoms. The zero-order valence-electron chi connectivity index (χ0n) is 16.0. The van der Waals surface area contributed by atoms with E-state index < -0.39 is 0 Å². The molecular weight excluding hydrogens is 338 g/mol. The van der Waals surface area contributed by atoms with Crippen molar-refractivity contribution < 1.29 is 0 Å². The van der Waals surface area contributed by atoms with Crippen molar-refractivity contribution in [3.8, 4) is 11.3 Å². The van der Waals surface area contributed by atoms with Crippen molar-refractivity contribution in [2.24, 2.45) is 7.05 Å². The van der Waals surface area contributed by atoms with E-state index in [9.17, 15) is 0 Å². The third-order valence-corrected chi connectivity index (χ3v) is 4.37. The summed E-state index contributed by atoms with van der Waals surface area (Å²) >= 11 is 0. The summed E-state index contributed by atoms with van der Waals surface area (Å²) in [6, 6.07) is 12.7. The second-order valence-corrected chi connectivity index (χ2v) is 7.05. The second-order valence-electron chi connectivity index (χ2n) is 7.05. The summed E-state index contributed by atoms with van der Waals surface area (Å²) in [6.07, 6.45) is 2.77. The van der Waals surface area contributed by atoms with Crippen LogP contribution in [0.15, 0.2) is 42.6 Å². The Bertz CT molecular complexity index is 1080. The lowest BCUT2D eigenvalue weighted by molar-refractivity contribution is 0.749. The lowest BCUT2D eigenvalue weighted by atomic mass is 10.0. The van der Waals surface area contributed by atoms with Crippen molar-refractivity contribution in [2.75, 3.05) is 5.32 Å². The van der Waals surface area contributed by atoms with Gasteiger partial charge >= 0.3 is 0 Å². The number of anilines is 1.